The van der Waals surface area contributed by atoms with Crippen LogP contribution < -0.4 is 11.1 Å². The van der Waals surface area contributed by atoms with Crippen molar-refractivity contribution in [3.8, 4) is 0 Å². The quantitative estimate of drug-likeness (QED) is 0.448. The van der Waals surface area contributed by atoms with Crippen LogP contribution in [0.25, 0.3) is 0 Å². The van der Waals surface area contributed by atoms with E-state index in [1.54, 1.807) is 0 Å². The second kappa shape index (κ2) is 10.2. The van der Waals surface area contributed by atoms with E-state index in [-0.39, 0.29) is 0 Å². The number of nitrogens with two attached hydrogens (primary N) is 1. The molecular weight excluding hydrogens is 399 g/mol. The number of rotatable bonds is 7. The number of nitrogens with one attached hydrogen (secondary N) is 1. The molecule has 0 aromatic rings. The Bertz CT molecular complexity index is 674. The summed E-state index contributed by atoms with van der Waals surface area (Å²) in [6, 6.07) is -2.23. The van der Waals surface area contributed by atoms with Crippen molar-refractivity contribution in [1.82, 2.24) is 10.2 Å². The number of halogens is 3. The van der Waals surface area contributed by atoms with Gasteiger partial charge in [-0.1, -0.05) is 13.8 Å². The van der Waals surface area contributed by atoms with E-state index in [9.17, 15) is 32.3 Å². The van der Waals surface area contributed by atoms with Crippen molar-refractivity contribution in [2.45, 2.75) is 58.0 Å². The first-order valence-corrected chi connectivity index (χ1v) is 8.95. The summed E-state index contributed by atoms with van der Waals surface area (Å²) in [6.07, 6.45) is -4.76. The number of alkyl halides is 3. The fourth-order valence-electron chi connectivity index (χ4n) is 2.70. The van der Waals surface area contributed by atoms with Gasteiger partial charge in [-0.3, -0.25) is 9.59 Å². The maximum atomic E-state index is 12.9. The van der Waals surface area contributed by atoms with Crippen LogP contribution in [0.1, 0.15) is 33.6 Å². The van der Waals surface area contributed by atoms with Crippen molar-refractivity contribution in [2.24, 2.45) is 5.73 Å². The Hall–Kier alpha value is -2.63. The van der Waals surface area contributed by atoms with E-state index in [2.05, 4.69) is 10.1 Å². The summed E-state index contributed by atoms with van der Waals surface area (Å²) in [5.41, 5.74) is 5.89. The standard InChI is InChI=1S/C17H24F3N3O6/c1-4-6-23(7-5-2)14(25)13-12(22-9(3)24)10(21)8-11(28-13)15(26)29-16(27)17(18,19)20/h8,10,12-13H,4-7,21H2,1-3H3,(H,22,24)/t10-,12+,13+/m0/s1. The van der Waals surface area contributed by atoms with Crippen molar-refractivity contribution >= 4 is 23.8 Å². The molecular formula is C17H24F3N3O6. The highest BCUT2D eigenvalue weighted by Crippen LogP contribution is 2.23. The molecule has 12 heteroatoms. The molecule has 1 aliphatic rings. The van der Waals surface area contributed by atoms with Crippen LogP contribution in [-0.2, 0) is 28.7 Å². The summed E-state index contributed by atoms with van der Waals surface area (Å²) in [4.78, 5) is 48.7. The van der Waals surface area contributed by atoms with Crippen molar-refractivity contribution < 1.29 is 41.8 Å². The smallest absolute Gasteiger partial charge is 0.471 e. The minimum absolute atomic E-state index is 0.352. The van der Waals surface area contributed by atoms with Gasteiger partial charge in [0.1, 0.15) is 0 Å². The molecule has 3 N–H and O–H groups in total. The SMILES string of the molecule is CCCN(CCC)C(=O)[C@@H]1OC(C(=O)OC(=O)C(F)(F)F)=C[C@H](N)[C@H]1NC(C)=O. The van der Waals surface area contributed by atoms with Gasteiger partial charge in [-0.15, -0.1) is 0 Å². The van der Waals surface area contributed by atoms with E-state index < -0.39 is 53.9 Å². The Morgan fingerprint density at radius 2 is 1.76 bits per heavy atom. The van der Waals surface area contributed by atoms with Gasteiger partial charge in [0.05, 0.1) is 12.1 Å². The molecule has 2 amide bonds. The van der Waals surface area contributed by atoms with Gasteiger partial charge < -0.3 is 25.4 Å². The molecule has 9 nitrogen and oxygen atoms in total. The van der Waals surface area contributed by atoms with Crippen LogP contribution in [0.4, 0.5) is 13.2 Å². The van der Waals surface area contributed by atoms with Crippen LogP contribution in [0.2, 0.25) is 0 Å². The average Bonchev–Trinajstić information content (AvgIpc) is 2.61. The molecule has 0 unspecified atom stereocenters. The normalized spacial score (nSPS) is 21.5. The van der Waals surface area contributed by atoms with Gasteiger partial charge in [-0.2, -0.15) is 13.2 Å². The van der Waals surface area contributed by atoms with Gasteiger partial charge in [-0.25, -0.2) is 9.59 Å². The number of hydrogen-bond acceptors (Lipinski definition) is 7. The molecule has 0 fully saturated rings. The highest BCUT2D eigenvalue weighted by atomic mass is 19.4. The van der Waals surface area contributed by atoms with Gasteiger partial charge in [0, 0.05) is 20.0 Å². The molecule has 1 aliphatic heterocycles. The lowest BCUT2D eigenvalue weighted by Gasteiger charge is -2.37. The number of esters is 2. The predicted molar refractivity (Wildman–Crippen MR) is 92.9 cm³/mol. The molecule has 3 atom stereocenters. The van der Waals surface area contributed by atoms with Gasteiger partial charge in [-0.05, 0) is 18.9 Å². The Balaban J connectivity index is 3.16. The van der Waals surface area contributed by atoms with Crippen LogP contribution in [0, 0.1) is 0 Å². The molecule has 0 radical (unpaired) electrons. The molecule has 0 spiro atoms. The van der Waals surface area contributed by atoms with Gasteiger partial charge >= 0.3 is 18.1 Å². The largest absolute Gasteiger partial charge is 0.491 e. The average molecular weight is 423 g/mol. The van der Waals surface area contributed by atoms with Crippen LogP contribution >= 0.6 is 0 Å². The third-order valence-corrected chi connectivity index (χ3v) is 3.87. The molecule has 0 aromatic carbocycles. The zero-order valence-corrected chi connectivity index (χ0v) is 16.2. The zero-order chi connectivity index (χ0) is 22.4. The molecule has 164 valence electrons. The Morgan fingerprint density at radius 1 is 1.21 bits per heavy atom. The number of carbonyl (C=O) groups is 4. The van der Waals surface area contributed by atoms with Gasteiger partial charge in [0.2, 0.25) is 11.7 Å². The zero-order valence-electron chi connectivity index (χ0n) is 16.2. The highest BCUT2D eigenvalue weighted by Gasteiger charge is 2.46. The summed E-state index contributed by atoms with van der Waals surface area (Å²) < 4.78 is 46.0. The fraction of sp³-hybridized carbons (Fsp3) is 0.647. The van der Waals surface area contributed by atoms with E-state index in [0.717, 1.165) is 6.08 Å². The van der Waals surface area contributed by atoms with Gasteiger partial charge in [0.25, 0.3) is 5.91 Å². The van der Waals surface area contributed by atoms with Crippen LogP contribution in [0.15, 0.2) is 11.8 Å². The molecule has 0 aromatic heterocycles. The number of ether oxygens (including phenoxy) is 2. The van der Waals surface area contributed by atoms with Crippen molar-refractivity contribution in [3.05, 3.63) is 11.8 Å². The number of carbonyl (C=O) groups excluding carboxylic acids is 4. The molecule has 1 rings (SSSR count). The predicted octanol–water partition coefficient (Wildman–Crippen LogP) is 0.382. The van der Waals surface area contributed by atoms with E-state index >= 15 is 0 Å². The summed E-state index contributed by atoms with van der Waals surface area (Å²) in [7, 11) is 0. The fourth-order valence-corrected chi connectivity index (χ4v) is 2.70. The second-order valence-electron chi connectivity index (χ2n) is 6.37. The first kappa shape index (κ1) is 24.4. The number of amides is 2. The molecule has 1 heterocycles. The first-order valence-electron chi connectivity index (χ1n) is 8.95. The summed E-state index contributed by atoms with van der Waals surface area (Å²) in [6.45, 7) is 5.55. The third-order valence-electron chi connectivity index (χ3n) is 3.87. The van der Waals surface area contributed by atoms with Crippen molar-refractivity contribution in [1.29, 1.82) is 0 Å². The van der Waals surface area contributed by atoms with Crippen LogP contribution in [-0.4, -0.2) is 66.1 Å². The molecule has 0 saturated carbocycles. The summed E-state index contributed by atoms with van der Waals surface area (Å²) >= 11 is 0. The van der Waals surface area contributed by atoms with Crippen LogP contribution in [0.5, 0.6) is 0 Å². The minimum Gasteiger partial charge on any atom is -0.471 e. The summed E-state index contributed by atoms with van der Waals surface area (Å²) in [5, 5.41) is 2.45. The van der Waals surface area contributed by atoms with E-state index in [1.807, 2.05) is 13.8 Å². The minimum atomic E-state index is -5.39. The third kappa shape index (κ3) is 6.73. The Kier molecular flexibility index (Phi) is 8.61. The lowest BCUT2D eigenvalue weighted by Crippen LogP contribution is -2.61. The molecule has 29 heavy (non-hydrogen) atoms. The van der Waals surface area contributed by atoms with E-state index in [1.165, 1.54) is 11.8 Å². The summed E-state index contributed by atoms with van der Waals surface area (Å²) in [5.74, 6) is -6.42. The lowest BCUT2D eigenvalue weighted by atomic mass is 9.97. The number of nitrogens with zero attached hydrogens (tertiary/aromatic N) is 1. The van der Waals surface area contributed by atoms with E-state index in [4.69, 9.17) is 10.5 Å². The first-order chi connectivity index (χ1) is 13.4. The Labute approximate surface area is 165 Å². The van der Waals surface area contributed by atoms with Gasteiger partial charge in [0.15, 0.2) is 6.10 Å². The van der Waals surface area contributed by atoms with Crippen molar-refractivity contribution in [2.75, 3.05) is 13.1 Å². The topological polar surface area (TPSA) is 128 Å². The van der Waals surface area contributed by atoms with E-state index in [0.29, 0.717) is 25.9 Å². The monoisotopic (exact) mass is 423 g/mol. The lowest BCUT2D eigenvalue weighted by molar-refractivity contribution is -0.202. The highest BCUT2D eigenvalue weighted by molar-refractivity contribution is 5.97. The number of hydrogen-bond donors (Lipinski definition) is 2. The van der Waals surface area contributed by atoms with Crippen LogP contribution in [0.3, 0.4) is 0 Å². The molecule has 0 bridgehead atoms. The Morgan fingerprint density at radius 3 is 2.21 bits per heavy atom. The maximum Gasteiger partial charge on any atom is 0.491 e. The van der Waals surface area contributed by atoms with Crippen molar-refractivity contribution in [3.63, 3.8) is 0 Å². The molecule has 0 saturated heterocycles. The maximum absolute atomic E-state index is 12.9. The molecule has 0 aliphatic carbocycles. The second-order valence-corrected chi connectivity index (χ2v) is 6.37.